The van der Waals surface area contributed by atoms with Gasteiger partial charge in [-0.3, -0.25) is 24.0 Å². The van der Waals surface area contributed by atoms with Crippen molar-refractivity contribution in [2.45, 2.75) is 111 Å². The number of morpholine rings is 1. The summed E-state index contributed by atoms with van der Waals surface area (Å²) >= 11 is 1.47. The van der Waals surface area contributed by atoms with Crippen LogP contribution in [0.15, 0.2) is 48.7 Å². The summed E-state index contributed by atoms with van der Waals surface area (Å²) in [5.41, 5.74) is 2.83. The van der Waals surface area contributed by atoms with E-state index in [1.165, 1.54) is 23.8 Å². The second-order valence-corrected chi connectivity index (χ2v) is 23.5. The zero-order chi connectivity index (χ0) is 48.6. The van der Waals surface area contributed by atoms with Crippen molar-refractivity contribution in [1.82, 2.24) is 39.6 Å². The van der Waals surface area contributed by atoms with Gasteiger partial charge in [-0.25, -0.2) is 23.1 Å². The molecule has 2 atom stereocenters. The molecule has 1 amide bonds. The normalized spacial score (nSPS) is 24.4. The number of unbranched alkanes of at least 4 members (excludes halogenated alkanes) is 2. The quantitative estimate of drug-likeness (QED) is 0.0437. The van der Waals surface area contributed by atoms with Crippen molar-refractivity contribution < 1.29 is 37.0 Å². The summed E-state index contributed by atoms with van der Waals surface area (Å²) in [6, 6.07) is 12.5. The number of carbonyl (C=O) groups excluding carboxylic acids is 3. The molecule has 69 heavy (non-hydrogen) atoms. The molecule has 1 aliphatic heterocycles. The van der Waals surface area contributed by atoms with Crippen molar-refractivity contribution in [2.75, 3.05) is 57.1 Å². The summed E-state index contributed by atoms with van der Waals surface area (Å²) in [4.78, 5) is 51.8. The molecule has 2 unspecified atom stereocenters. The van der Waals surface area contributed by atoms with Crippen LogP contribution >= 0.6 is 11.3 Å². The molecule has 0 radical (unpaired) electrons. The van der Waals surface area contributed by atoms with Gasteiger partial charge in [-0.2, -0.15) is 5.10 Å². The van der Waals surface area contributed by atoms with E-state index in [2.05, 4.69) is 49.0 Å². The van der Waals surface area contributed by atoms with Gasteiger partial charge in [-0.15, -0.1) is 10.2 Å². The summed E-state index contributed by atoms with van der Waals surface area (Å²) in [7, 11) is -4.15. The van der Waals surface area contributed by atoms with Crippen molar-refractivity contribution >= 4 is 60.2 Å². The lowest BCUT2D eigenvalue weighted by Gasteiger charge is -2.69. The van der Waals surface area contributed by atoms with Gasteiger partial charge in [0.2, 0.25) is 15.8 Å². The Hall–Kier alpha value is -5.21. The van der Waals surface area contributed by atoms with Crippen LogP contribution in [0.1, 0.15) is 123 Å². The minimum absolute atomic E-state index is 0.00536. The number of fused-ring (bicyclic) bond motifs is 1. The van der Waals surface area contributed by atoms with E-state index in [1.54, 1.807) is 32.2 Å². The molecule has 1 saturated heterocycles. The number of anilines is 2. The zero-order valence-corrected chi connectivity index (χ0v) is 41.9. The monoisotopic (exact) mass is 981 g/mol. The Morgan fingerprint density at radius 3 is 2.39 bits per heavy atom. The molecule has 17 nitrogen and oxygen atoms in total. The molecule has 5 aliphatic rings. The Bertz CT molecular complexity index is 2810. The number of carbonyl (C=O) groups is 3. The van der Waals surface area contributed by atoms with Crippen molar-refractivity contribution in [2.24, 2.45) is 16.2 Å². The lowest BCUT2D eigenvalue weighted by atomic mass is 9.39. The first kappa shape index (κ1) is 48.8. The predicted molar refractivity (Wildman–Crippen MR) is 262 cm³/mol. The van der Waals surface area contributed by atoms with Gasteiger partial charge < -0.3 is 19.5 Å². The topological polar surface area (TPSA) is 210 Å². The van der Waals surface area contributed by atoms with Crippen LogP contribution in [-0.2, 0) is 35.6 Å². The number of thiazole rings is 1. The molecule has 10 rings (SSSR count). The average Bonchev–Trinajstić information content (AvgIpc) is 3.87. The maximum Gasteiger partial charge on any atom is 0.305 e. The molecule has 5 fully saturated rings. The van der Waals surface area contributed by atoms with Gasteiger partial charge in [0.1, 0.15) is 17.1 Å². The molecule has 368 valence electrons. The van der Waals surface area contributed by atoms with Crippen LogP contribution in [0.2, 0.25) is 0 Å². The smallest absolute Gasteiger partial charge is 0.305 e. The van der Waals surface area contributed by atoms with Gasteiger partial charge in [0.25, 0.3) is 5.91 Å². The Balaban J connectivity index is 0.969. The number of pyridine rings is 1. The maximum absolute atomic E-state index is 14.2. The molecule has 5 aromatic rings. The third kappa shape index (κ3) is 10.9. The Morgan fingerprint density at radius 1 is 0.884 bits per heavy atom. The highest BCUT2D eigenvalue weighted by molar-refractivity contribution is 7.90. The van der Waals surface area contributed by atoms with Crippen LogP contribution < -0.4 is 10.0 Å². The van der Waals surface area contributed by atoms with Crippen LogP contribution in [-0.4, -0.2) is 118 Å². The molecule has 5 heterocycles. The van der Waals surface area contributed by atoms with Crippen molar-refractivity contribution in [3.63, 3.8) is 0 Å². The van der Waals surface area contributed by atoms with Crippen LogP contribution in [0.25, 0.3) is 21.3 Å². The van der Waals surface area contributed by atoms with Crippen LogP contribution in [0.4, 0.5) is 10.9 Å². The lowest BCUT2D eigenvalue weighted by Crippen LogP contribution is -2.64. The largest absolute Gasteiger partial charge is 0.466 e. The fourth-order valence-corrected chi connectivity index (χ4v) is 14.6. The number of para-hydroxylation sites is 1. The highest BCUT2D eigenvalue weighted by atomic mass is 32.2. The number of aryl methyl sites for hydroxylation is 1. The Labute approximate surface area is 407 Å². The number of hydrogen-bond acceptors (Lipinski definition) is 16. The number of aromatic nitrogens is 6. The first-order valence-corrected chi connectivity index (χ1v) is 26.6. The molecule has 4 bridgehead atoms. The van der Waals surface area contributed by atoms with E-state index in [4.69, 9.17) is 19.3 Å². The van der Waals surface area contributed by atoms with Crippen molar-refractivity contribution in [3.8, 4) is 11.1 Å². The molecule has 4 aliphatic carbocycles. The fourth-order valence-electron chi connectivity index (χ4n) is 12.6. The minimum atomic E-state index is -4.15. The van der Waals surface area contributed by atoms with Crippen LogP contribution in [0.5, 0.6) is 0 Å². The lowest BCUT2D eigenvalue weighted by molar-refractivity contribution is -0.249. The average molecular weight is 982 g/mol. The predicted octanol–water partition coefficient (Wildman–Crippen LogP) is 7.59. The van der Waals surface area contributed by atoms with E-state index in [0.29, 0.717) is 53.6 Å². The van der Waals surface area contributed by atoms with E-state index in [9.17, 15) is 22.8 Å². The number of hydrogen-bond donors (Lipinski definition) is 2. The fraction of sp³-hybridized carbons (Fsp3) is 0.560. The molecule has 1 aromatic carbocycles. The molecule has 2 N–H and O–H groups in total. The molecule has 0 spiro atoms. The van der Waals surface area contributed by atoms with E-state index < -0.39 is 21.7 Å². The second-order valence-electron chi connectivity index (χ2n) is 20.6. The maximum atomic E-state index is 14.2. The zero-order valence-electron chi connectivity index (χ0n) is 40.3. The molecular formula is C50H63N9O8S2. The number of esters is 1. The minimum Gasteiger partial charge on any atom is -0.466 e. The van der Waals surface area contributed by atoms with E-state index in [0.717, 1.165) is 80.9 Å². The standard InChI is InChI=1S/C50H63N9O8S2/c1-6-66-41(60)14-8-7-11-23-69(63,64)57-45(62)42-35(15-16-38(52-42)43(61)39-24-33(2)44(56-55-39)54-46-53-37-12-9-10-13-40(37)68-46)36-25-51-59(34(36)3)32-49-27-47(4)26-48(5,28-49)30-50(29-47,31-49)67-22-19-58-17-20-65-21-18-58/h9-10,12-13,15-16,24-25H,6-8,11,14,17-23,26-32H2,1-5H3,(H,57,62)(H,53,54,56). The molecule has 4 aromatic heterocycles. The summed E-state index contributed by atoms with van der Waals surface area (Å²) in [6.45, 7) is 16.2. The number of ether oxygens (including phenoxy) is 3. The summed E-state index contributed by atoms with van der Waals surface area (Å²) in [5, 5.41) is 17.3. The first-order chi connectivity index (χ1) is 33.0. The highest BCUT2D eigenvalue weighted by Crippen LogP contribution is 2.72. The highest BCUT2D eigenvalue weighted by Gasteiger charge is 2.66. The van der Waals surface area contributed by atoms with Crippen molar-refractivity contribution in [1.29, 1.82) is 0 Å². The number of benzene rings is 1. The van der Waals surface area contributed by atoms with Gasteiger partial charge in [-0.1, -0.05) is 43.7 Å². The summed E-state index contributed by atoms with van der Waals surface area (Å²) in [5.74, 6) is -1.84. The number of nitrogens with one attached hydrogen (secondary N) is 2. The second kappa shape index (κ2) is 19.5. The van der Waals surface area contributed by atoms with E-state index in [-0.39, 0.29) is 70.1 Å². The van der Waals surface area contributed by atoms with Gasteiger partial charge >= 0.3 is 5.97 Å². The van der Waals surface area contributed by atoms with Crippen LogP contribution in [0.3, 0.4) is 0 Å². The summed E-state index contributed by atoms with van der Waals surface area (Å²) in [6.07, 6.45) is 9.32. The van der Waals surface area contributed by atoms with Gasteiger partial charge in [-0.05, 0) is 124 Å². The Kier molecular flexibility index (Phi) is 13.8. The third-order valence-electron chi connectivity index (χ3n) is 14.4. The Morgan fingerprint density at radius 2 is 1.65 bits per heavy atom. The summed E-state index contributed by atoms with van der Waals surface area (Å²) < 4.78 is 49.6. The SMILES string of the molecule is CCOC(=O)CCCCCS(=O)(=O)NC(=O)c1nc(C(=O)c2cc(C)c(Nc3nc4ccccc4s3)nn2)ccc1-c1cnn(CC23CC4(C)CC(C)(C2)CC(OCCN2CCOCC2)(C4)C3)c1C. The first-order valence-electron chi connectivity index (χ1n) is 24.2. The van der Waals surface area contributed by atoms with E-state index >= 15 is 0 Å². The number of nitrogens with zero attached hydrogens (tertiary/aromatic N) is 7. The van der Waals surface area contributed by atoms with Gasteiger partial charge in [0.15, 0.2) is 10.9 Å². The molecule has 4 saturated carbocycles. The number of sulfonamides is 1. The number of ketones is 1. The molecular weight excluding hydrogens is 919 g/mol. The number of rotatable bonds is 20. The van der Waals surface area contributed by atoms with Gasteiger partial charge in [0, 0.05) is 49.4 Å². The van der Waals surface area contributed by atoms with Crippen LogP contribution in [0, 0.1) is 30.1 Å². The number of amides is 1. The van der Waals surface area contributed by atoms with Crippen molar-refractivity contribution in [3.05, 3.63) is 77.0 Å². The molecule has 19 heteroatoms. The van der Waals surface area contributed by atoms with E-state index in [1.807, 2.05) is 35.9 Å². The van der Waals surface area contributed by atoms with Gasteiger partial charge in [0.05, 0.1) is 54.2 Å². The third-order valence-corrected chi connectivity index (χ3v) is 16.7.